The highest BCUT2D eigenvalue weighted by atomic mass is 79.9. The molecule has 98 valence electrons. The number of hydrogen-bond donors (Lipinski definition) is 2. The lowest BCUT2D eigenvalue weighted by Crippen LogP contribution is -2.30. The molecule has 6 heteroatoms. The van der Waals surface area contributed by atoms with Crippen molar-refractivity contribution in [1.29, 1.82) is 0 Å². The average Bonchev–Trinajstić information content (AvgIpc) is 2.34. The fraction of sp³-hybridized carbons (Fsp3) is 0.417. The van der Waals surface area contributed by atoms with Crippen LogP contribution in [0.2, 0.25) is 0 Å². The number of nitrogen functional groups attached to an aromatic ring is 1. The van der Waals surface area contributed by atoms with E-state index in [1.807, 2.05) is 0 Å². The van der Waals surface area contributed by atoms with Crippen LogP contribution in [0.1, 0.15) is 12.8 Å². The molecule has 4 nitrogen and oxygen atoms in total. The second kappa shape index (κ2) is 6.04. The lowest BCUT2D eigenvalue weighted by Gasteiger charge is -2.22. The summed E-state index contributed by atoms with van der Waals surface area (Å²) in [5, 5.41) is 2.91. The van der Waals surface area contributed by atoms with E-state index in [0.717, 1.165) is 28.4 Å². The summed E-state index contributed by atoms with van der Waals surface area (Å²) >= 11 is 6.79. The number of ether oxygens (including phenoxy) is 1. The predicted octanol–water partition coefficient (Wildman–Crippen LogP) is 3.16. The van der Waals surface area contributed by atoms with E-state index in [9.17, 15) is 4.79 Å². The molecule has 1 atom stereocenters. The molecular weight excluding hydrogens is 364 g/mol. The van der Waals surface area contributed by atoms with Gasteiger partial charge in [-0.1, -0.05) is 0 Å². The highest BCUT2D eigenvalue weighted by Crippen LogP contribution is 2.34. The van der Waals surface area contributed by atoms with Crippen LogP contribution >= 0.6 is 31.9 Å². The van der Waals surface area contributed by atoms with Crippen LogP contribution in [0.5, 0.6) is 0 Å². The van der Waals surface area contributed by atoms with Crippen LogP contribution < -0.4 is 11.1 Å². The Kier molecular flexibility index (Phi) is 4.64. The molecule has 1 aromatic carbocycles. The van der Waals surface area contributed by atoms with E-state index in [2.05, 4.69) is 37.2 Å². The van der Waals surface area contributed by atoms with Crippen LogP contribution in [-0.2, 0) is 9.53 Å². The zero-order valence-corrected chi connectivity index (χ0v) is 12.9. The Labute approximate surface area is 123 Å². The van der Waals surface area contributed by atoms with Crippen LogP contribution in [0.3, 0.4) is 0 Å². The van der Waals surface area contributed by atoms with E-state index in [-0.39, 0.29) is 11.8 Å². The highest BCUT2D eigenvalue weighted by molar-refractivity contribution is 9.11. The van der Waals surface area contributed by atoms with Gasteiger partial charge in [0.05, 0.1) is 18.2 Å². The van der Waals surface area contributed by atoms with Gasteiger partial charge >= 0.3 is 0 Å². The summed E-state index contributed by atoms with van der Waals surface area (Å²) in [7, 11) is 0. The topological polar surface area (TPSA) is 64.3 Å². The molecule has 0 spiro atoms. The number of carbonyl (C=O) groups excluding carboxylic acids is 1. The van der Waals surface area contributed by atoms with Gasteiger partial charge in [0, 0.05) is 21.2 Å². The van der Waals surface area contributed by atoms with Gasteiger partial charge in [-0.05, 0) is 56.8 Å². The Morgan fingerprint density at radius 3 is 2.61 bits per heavy atom. The number of hydrogen-bond acceptors (Lipinski definition) is 3. The van der Waals surface area contributed by atoms with E-state index < -0.39 is 0 Å². The Morgan fingerprint density at radius 1 is 1.39 bits per heavy atom. The molecule has 0 saturated carbocycles. The Bertz CT molecular complexity index is 436. The van der Waals surface area contributed by atoms with Crippen molar-refractivity contribution in [2.24, 2.45) is 5.92 Å². The zero-order valence-electron chi connectivity index (χ0n) is 9.71. The van der Waals surface area contributed by atoms with Gasteiger partial charge in [0.15, 0.2) is 0 Å². The SMILES string of the molecule is Nc1cc(Br)c(NC(=O)C2CCCOC2)c(Br)c1. The third-order valence-electron chi connectivity index (χ3n) is 2.84. The molecule has 1 aromatic rings. The first-order chi connectivity index (χ1) is 8.58. The summed E-state index contributed by atoms with van der Waals surface area (Å²) in [4.78, 5) is 12.1. The lowest BCUT2D eigenvalue weighted by molar-refractivity contribution is -0.123. The Balaban J connectivity index is 2.11. The molecule has 2 rings (SSSR count). The van der Waals surface area contributed by atoms with Crippen molar-refractivity contribution in [1.82, 2.24) is 0 Å². The molecule has 1 aliphatic heterocycles. The third-order valence-corrected chi connectivity index (χ3v) is 4.09. The van der Waals surface area contributed by atoms with E-state index in [1.54, 1.807) is 12.1 Å². The molecule has 1 aliphatic rings. The number of anilines is 2. The molecule has 1 fully saturated rings. The van der Waals surface area contributed by atoms with Crippen molar-refractivity contribution in [3.8, 4) is 0 Å². The van der Waals surface area contributed by atoms with Crippen LogP contribution in [-0.4, -0.2) is 19.1 Å². The van der Waals surface area contributed by atoms with E-state index in [1.165, 1.54) is 0 Å². The second-order valence-corrected chi connectivity index (χ2v) is 5.97. The molecular formula is C12H14Br2N2O2. The molecule has 1 amide bonds. The first-order valence-electron chi connectivity index (χ1n) is 5.71. The first kappa shape index (κ1) is 13.8. The molecule has 1 heterocycles. The molecule has 0 radical (unpaired) electrons. The Morgan fingerprint density at radius 2 is 2.06 bits per heavy atom. The summed E-state index contributed by atoms with van der Waals surface area (Å²) in [6.07, 6.45) is 1.80. The van der Waals surface area contributed by atoms with Crippen LogP contribution in [0, 0.1) is 5.92 Å². The number of halogens is 2. The number of nitrogens with one attached hydrogen (secondary N) is 1. The minimum atomic E-state index is -0.0740. The number of carbonyl (C=O) groups is 1. The third kappa shape index (κ3) is 3.24. The van der Waals surface area contributed by atoms with Crippen molar-refractivity contribution < 1.29 is 9.53 Å². The minimum absolute atomic E-state index is 0.0131. The van der Waals surface area contributed by atoms with Gasteiger partial charge in [0.25, 0.3) is 0 Å². The van der Waals surface area contributed by atoms with Crippen LogP contribution in [0.4, 0.5) is 11.4 Å². The van der Waals surface area contributed by atoms with E-state index in [4.69, 9.17) is 10.5 Å². The van der Waals surface area contributed by atoms with E-state index in [0.29, 0.717) is 18.0 Å². The predicted molar refractivity (Wildman–Crippen MR) is 78.4 cm³/mol. The number of amides is 1. The molecule has 1 saturated heterocycles. The van der Waals surface area contributed by atoms with Gasteiger partial charge in [-0.25, -0.2) is 0 Å². The van der Waals surface area contributed by atoms with Gasteiger partial charge in [-0.15, -0.1) is 0 Å². The van der Waals surface area contributed by atoms with Crippen molar-refractivity contribution in [2.45, 2.75) is 12.8 Å². The lowest BCUT2D eigenvalue weighted by atomic mass is 10.0. The minimum Gasteiger partial charge on any atom is -0.399 e. The normalized spacial score (nSPS) is 19.6. The Hall–Kier alpha value is -0.590. The van der Waals surface area contributed by atoms with Gasteiger partial charge in [0.2, 0.25) is 5.91 Å². The molecule has 1 unspecified atom stereocenters. The first-order valence-corrected chi connectivity index (χ1v) is 7.29. The quantitative estimate of drug-likeness (QED) is 0.778. The maximum atomic E-state index is 12.1. The summed E-state index contributed by atoms with van der Waals surface area (Å²) in [5.74, 6) is -0.0871. The van der Waals surface area contributed by atoms with Gasteiger partial charge < -0.3 is 15.8 Å². The van der Waals surface area contributed by atoms with Crippen molar-refractivity contribution in [2.75, 3.05) is 24.3 Å². The van der Waals surface area contributed by atoms with Crippen molar-refractivity contribution >= 4 is 49.1 Å². The molecule has 0 aromatic heterocycles. The monoisotopic (exact) mass is 376 g/mol. The molecule has 18 heavy (non-hydrogen) atoms. The van der Waals surface area contributed by atoms with E-state index >= 15 is 0 Å². The summed E-state index contributed by atoms with van der Waals surface area (Å²) in [5.41, 5.74) is 7.05. The molecule has 0 bridgehead atoms. The standard InChI is InChI=1S/C12H14Br2N2O2/c13-9-4-8(15)5-10(14)11(9)16-12(17)7-2-1-3-18-6-7/h4-5,7H,1-3,6,15H2,(H,16,17). The molecule has 0 aliphatic carbocycles. The highest BCUT2D eigenvalue weighted by Gasteiger charge is 2.23. The zero-order chi connectivity index (χ0) is 13.1. The average molecular weight is 378 g/mol. The summed E-state index contributed by atoms with van der Waals surface area (Å²) in [6, 6.07) is 3.52. The summed E-state index contributed by atoms with van der Waals surface area (Å²) in [6.45, 7) is 1.25. The van der Waals surface area contributed by atoms with Crippen molar-refractivity contribution in [3.05, 3.63) is 21.1 Å². The second-order valence-electron chi connectivity index (χ2n) is 4.26. The fourth-order valence-electron chi connectivity index (χ4n) is 1.88. The fourth-order valence-corrected chi connectivity index (χ4v) is 3.31. The van der Waals surface area contributed by atoms with Crippen molar-refractivity contribution in [3.63, 3.8) is 0 Å². The number of nitrogens with two attached hydrogens (primary N) is 1. The van der Waals surface area contributed by atoms with Crippen LogP contribution in [0.15, 0.2) is 21.1 Å². The maximum Gasteiger partial charge on any atom is 0.229 e. The maximum absolute atomic E-state index is 12.1. The number of rotatable bonds is 2. The molecule has 3 N–H and O–H groups in total. The van der Waals surface area contributed by atoms with Crippen LogP contribution in [0.25, 0.3) is 0 Å². The van der Waals surface area contributed by atoms with Gasteiger partial charge in [-0.2, -0.15) is 0 Å². The van der Waals surface area contributed by atoms with Gasteiger partial charge in [0.1, 0.15) is 0 Å². The largest absolute Gasteiger partial charge is 0.399 e. The smallest absolute Gasteiger partial charge is 0.229 e. The van der Waals surface area contributed by atoms with Gasteiger partial charge in [-0.3, -0.25) is 4.79 Å². The number of benzene rings is 1. The summed E-state index contributed by atoms with van der Waals surface area (Å²) < 4.78 is 6.84.